The standard InChI is InChI=1S/C21H29N3O2S2/c1-3-11-24-20(26)18-15-9-7-10-16(15)28-19(18)22-21(24)27-13-17(25)23-12-6-5-8-14(23)4-2/h14H,3-13H2,1-2H3. The van der Waals surface area contributed by atoms with E-state index in [4.69, 9.17) is 4.98 Å². The van der Waals surface area contributed by atoms with Crippen LogP contribution in [0.3, 0.4) is 0 Å². The molecular weight excluding hydrogens is 390 g/mol. The molecule has 0 N–H and O–H groups in total. The highest BCUT2D eigenvalue weighted by Crippen LogP contribution is 2.35. The van der Waals surface area contributed by atoms with Crippen molar-refractivity contribution in [3.8, 4) is 0 Å². The number of hydrogen-bond donors (Lipinski definition) is 0. The Labute approximate surface area is 174 Å². The summed E-state index contributed by atoms with van der Waals surface area (Å²) in [6.07, 6.45) is 8.52. The Bertz CT molecular complexity index is 934. The maximum Gasteiger partial charge on any atom is 0.263 e. The minimum absolute atomic E-state index is 0.0885. The number of hydrogen-bond acceptors (Lipinski definition) is 5. The highest BCUT2D eigenvalue weighted by molar-refractivity contribution is 7.99. The normalized spacial score (nSPS) is 19.4. The quantitative estimate of drug-likeness (QED) is 0.519. The van der Waals surface area contributed by atoms with Gasteiger partial charge in [0.1, 0.15) is 4.83 Å². The summed E-state index contributed by atoms with van der Waals surface area (Å²) in [5, 5.41) is 1.54. The molecule has 1 unspecified atom stereocenters. The van der Waals surface area contributed by atoms with Crippen molar-refractivity contribution in [3.63, 3.8) is 0 Å². The van der Waals surface area contributed by atoms with Gasteiger partial charge in [0.05, 0.1) is 11.1 Å². The molecule has 5 nitrogen and oxygen atoms in total. The summed E-state index contributed by atoms with van der Waals surface area (Å²) >= 11 is 3.11. The van der Waals surface area contributed by atoms with Crippen LogP contribution in [0.25, 0.3) is 10.2 Å². The van der Waals surface area contributed by atoms with Crippen LogP contribution in [0.1, 0.15) is 62.8 Å². The van der Waals surface area contributed by atoms with Gasteiger partial charge in [-0.3, -0.25) is 14.2 Å². The number of fused-ring (bicyclic) bond motifs is 3. The predicted octanol–water partition coefficient (Wildman–Crippen LogP) is 4.24. The molecular formula is C21H29N3O2S2. The number of rotatable bonds is 6. The van der Waals surface area contributed by atoms with Gasteiger partial charge >= 0.3 is 0 Å². The van der Waals surface area contributed by atoms with Crippen molar-refractivity contribution in [2.45, 2.75) is 83.0 Å². The van der Waals surface area contributed by atoms with E-state index in [0.29, 0.717) is 23.5 Å². The van der Waals surface area contributed by atoms with Gasteiger partial charge in [0.15, 0.2) is 5.16 Å². The first-order valence-corrected chi connectivity index (χ1v) is 12.4. The van der Waals surface area contributed by atoms with E-state index in [1.54, 1.807) is 15.9 Å². The van der Waals surface area contributed by atoms with Crippen molar-refractivity contribution < 1.29 is 4.79 Å². The van der Waals surface area contributed by atoms with Crippen molar-refractivity contribution in [2.24, 2.45) is 0 Å². The Morgan fingerprint density at radius 2 is 2.11 bits per heavy atom. The van der Waals surface area contributed by atoms with E-state index in [1.165, 1.54) is 28.6 Å². The molecule has 3 heterocycles. The van der Waals surface area contributed by atoms with E-state index in [2.05, 4.69) is 18.7 Å². The fourth-order valence-electron chi connectivity index (χ4n) is 4.55. The number of carbonyl (C=O) groups excluding carboxylic acids is 1. The van der Waals surface area contributed by atoms with E-state index in [1.807, 2.05) is 0 Å². The molecule has 0 bridgehead atoms. The second kappa shape index (κ2) is 8.57. The second-order valence-corrected chi connectivity index (χ2v) is 9.85. The number of thiophene rings is 1. The number of likely N-dealkylation sites (tertiary alicyclic amines) is 1. The molecule has 2 aliphatic rings. The molecule has 0 saturated carbocycles. The summed E-state index contributed by atoms with van der Waals surface area (Å²) < 4.78 is 1.80. The molecule has 0 aromatic carbocycles. The molecule has 2 aromatic rings. The Hall–Kier alpha value is -1.34. The fourth-order valence-corrected chi connectivity index (χ4v) is 6.77. The number of thioether (sulfide) groups is 1. The van der Waals surface area contributed by atoms with E-state index in [0.717, 1.165) is 61.7 Å². The highest BCUT2D eigenvalue weighted by atomic mass is 32.2. The lowest BCUT2D eigenvalue weighted by molar-refractivity contribution is -0.132. The van der Waals surface area contributed by atoms with Crippen LogP contribution in [0.4, 0.5) is 0 Å². The van der Waals surface area contributed by atoms with Crippen LogP contribution in [0.2, 0.25) is 0 Å². The van der Waals surface area contributed by atoms with E-state index in [-0.39, 0.29) is 11.5 Å². The van der Waals surface area contributed by atoms with Crippen molar-refractivity contribution in [2.75, 3.05) is 12.3 Å². The highest BCUT2D eigenvalue weighted by Gasteiger charge is 2.27. The molecule has 0 radical (unpaired) electrons. The minimum Gasteiger partial charge on any atom is -0.339 e. The van der Waals surface area contributed by atoms with Crippen LogP contribution in [0, 0.1) is 0 Å². The summed E-state index contributed by atoms with van der Waals surface area (Å²) in [7, 11) is 0. The molecule has 1 aliphatic heterocycles. The van der Waals surface area contributed by atoms with Crippen molar-refractivity contribution in [1.82, 2.24) is 14.5 Å². The zero-order valence-corrected chi connectivity index (χ0v) is 18.5. The van der Waals surface area contributed by atoms with Gasteiger partial charge in [-0.05, 0) is 56.9 Å². The molecule has 4 rings (SSSR count). The Balaban J connectivity index is 1.60. The van der Waals surface area contributed by atoms with Gasteiger partial charge in [0, 0.05) is 24.0 Å². The smallest absolute Gasteiger partial charge is 0.263 e. The summed E-state index contributed by atoms with van der Waals surface area (Å²) in [5.74, 6) is 0.547. The zero-order chi connectivity index (χ0) is 19.7. The molecule has 1 aliphatic carbocycles. The van der Waals surface area contributed by atoms with Crippen LogP contribution in [-0.2, 0) is 24.2 Å². The minimum atomic E-state index is 0.0885. The molecule has 1 atom stereocenters. The number of aryl methyl sites for hydroxylation is 2. The SMILES string of the molecule is CCCn1c(SCC(=O)N2CCCCC2CC)nc2sc3c(c2c1=O)CCC3. The van der Waals surface area contributed by atoms with Crippen LogP contribution in [-0.4, -0.2) is 38.7 Å². The maximum atomic E-state index is 13.2. The summed E-state index contributed by atoms with van der Waals surface area (Å²) in [6.45, 7) is 5.76. The predicted molar refractivity (Wildman–Crippen MR) is 117 cm³/mol. The molecule has 1 amide bonds. The van der Waals surface area contributed by atoms with Gasteiger partial charge in [0.25, 0.3) is 5.56 Å². The summed E-state index contributed by atoms with van der Waals surface area (Å²) in [6, 6.07) is 0.371. The fraction of sp³-hybridized carbons (Fsp3) is 0.667. The largest absolute Gasteiger partial charge is 0.339 e. The van der Waals surface area contributed by atoms with E-state index >= 15 is 0 Å². The van der Waals surface area contributed by atoms with Crippen molar-refractivity contribution in [3.05, 3.63) is 20.8 Å². The van der Waals surface area contributed by atoms with Gasteiger partial charge in [0.2, 0.25) is 5.91 Å². The maximum absolute atomic E-state index is 13.2. The average molecular weight is 420 g/mol. The third-order valence-electron chi connectivity index (χ3n) is 5.98. The zero-order valence-electron chi connectivity index (χ0n) is 16.8. The van der Waals surface area contributed by atoms with Crippen LogP contribution in [0.5, 0.6) is 0 Å². The van der Waals surface area contributed by atoms with E-state index < -0.39 is 0 Å². The number of piperidine rings is 1. The Morgan fingerprint density at radius 1 is 1.25 bits per heavy atom. The Kier molecular flexibility index (Phi) is 6.11. The third kappa shape index (κ3) is 3.63. The first kappa shape index (κ1) is 20.0. The third-order valence-corrected chi connectivity index (χ3v) is 8.13. The second-order valence-electron chi connectivity index (χ2n) is 7.82. The molecule has 152 valence electrons. The average Bonchev–Trinajstić information content (AvgIpc) is 3.29. The topological polar surface area (TPSA) is 55.2 Å². The molecule has 1 saturated heterocycles. The lowest BCUT2D eigenvalue weighted by Gasteiger charge is -2.35. The van der Waals surface area contributed by atoms with Gasteiger partial charge < -0.3 is 4.90 Å². The van der Waals surface area contributed by atoms with Gasteiger partial charge in [-0.25, -0.2) is 4.98 Å². The molecule has 1 fully saturated rings. The lowest BCUT2D eigenvalue weighted by atomic mass is 10.0. The van der Waals surface area contributed by atoms with Crippen LogP contribution < -0.4 is 5.56 Å². The first-order chi connectivity index (χ1) is 13.6. The van der Waals surface area contributed by atoms with E-state index in [9.17, 15) is 9.59 Å². The van der Waals surface area contributed by atoms with Crippen LogP contribution >= 0.6 is 23.1 Å². The first-order valence-electron chi connectivity index (χ1n) is 10.6. The molecule has 2 aromatic heterocycles. The number of amides is 1. The number of nitrogens with zero attached hydrogens (tertiary/aromatic N) is 3. The number of carbonyl (C=O) groups is 1. The van der Waals surface area contributed by atoms with Crippen molar-refractivity contribution in [1.29, 1.82) is 0 Å². The molecule has 0 spiro atoms. The van der Waals surface area contributed by atoms with Gasteiger partial charge in [-0.2, -0.15) is 0 Å². The Morgan fingerprint density at radius 3 is 2.89 bits per heavy atom. The van der Waals surface area contributed by atoms with Gasteiger partial charge in [-0.1, -0.05) is 25.6 Å². The summed E-state index contributed by atoms with van der Waals surface area (Å²) in [5.41, 5.74) is 1.32. The van der Waals surface area contributed by atoms with Gasteiger partial charge in [-0.15, -0.1) is 11.3 Å². The summed E-state index contributed by atoms with van der Waals surface area (Å²) in [4.78, 5) is 35.2. The molecule has 7 heteroatoms. The van der Waals surface area contributed by atoms with Crippen molar-refractivity contribution >= 4 is 39.2 Å². The number of aromatic nitrogens is 2. The van der Waals surface area contributed by atoms with Crippen LogP contribution in [0.15, 0.2) is 9.95 Å². The monoisotopic (exact) mass is 419 g/mol. The lowest BCUT2D eigenvalue weighted by Crippen LogP contribution is -2.44. The molecule has 28 heavy (non-hydrogen) atoms.